The Kier molecular flexibility index (Phi) is 6.70. The molecule has 3 fully saturated rings. The summed E-state index contributed by atoms with van der Waals surface area (Å²) in [7, 11) is 0. The largest absolute Gasteiger partial charge is 0.511 e. The third-order valence-electron chi connectivity index (χ3n) is 8.97. The van der Waals surface area contributed by atoms with Crippen LogP contribution in [0, 0.1) is 5.92 Å². The highest BCUT2D eigenvalue weighted by molar-refractivity contribution is 5.69. The molecule has 196 valence electrons. The molecular formula is C30H35NO6. The van der Waals surface area contributed by atoms with Crippen molar-refractivity contribution < 1.29 is 28.5 Å². The highest BCUT2D eigenvalue weighted by Crippen LogP contribution is 2.56. The van der Waals surface area contributed by atoms with Crippen molar-refractivity contribution >= 4 is 12.2 Å². The highest BCUT2D eigenvalue weighted by atomic mass is 16.8. The van der Waals surface area contributed by atoms with Gasteiger partial charge in [0.15, 0.2) is 0 Å². The smallest absolute Gasteiger partial charge is 0.457 e. The molecule has 1 aliphatic heterocycles. The maximum absolute atomic E-state index is 13.2. The van der Waals surface area contributed by atoms with Crippen LogP contribution in [0.5, 0.6) is 5.75 Å². The number of nitrogens with zero attached hydrogens (tertiary/aromatic N) is 1. The number of ether oxygens (including phenoxy) is 4. The minimum Gasteiger partial charge on any atom is -0.457 e. The van der Waals surface area contributed by atoms with Gasteiger partial charge in [-0.3, -0.25) is 0 Å². The molecule has 2 bridgehead atoms. The van der Waals surface area contributed by atoms with Crippen molar-refractivity contribution in [2.75, 3.05) is 13.3 Å². The topological polar surface area (TPSA) is 74.3 Å². The lowest BCUT2D eigenvalue weighted by molar-refractivity contribution is -0.0331. The molecule has 0 N–H and O–H groups in total. The van der Waals surface area contributed by atoms with E-state index in [2.05, 4.69) is 12.1 Å². The van der Waals surface area contributed by atoms with Gasteiger partial charge in [-0.15, -0.1) is 0 Å². The van der Waals surface area contributed by atoms with E-state index >= 15 is 0 Å². The Morgan fingerprint density at radius 2 is 1.81 bits per heavy atom. The van der Waals surface area contributed by atoms with Crippen LogP contribution in [-0.4, -0.2) is 42.6 Å². The molecule has 1 saturated heterocycles. The first kappa shape index (κ1) is 24.1. The van der Waals surface area contributed by atoms with Crippen LogP contribution >= 0.6 is 0 Å². The zero-order valence-electron chi connectivity index (χ0n) is 21.2. The molecule has 3 aliphatic carbocycles. The molecule has 6 rings (SSSR count). The van der Waals surface area contributed by atoms with Gasteiger partial charge in [-0.05, 0) is 79.7 Å². The van der Waals surface area contributed by atoms with Crippen molar-refractivity contribution in [3.05, 3.63) is 65.2 Å². The van der Waals surface area contributed by atoms with Crippen molar-refractivity contribution in [2.24, 2.45) is 5.92 Å². The van der Waals surface area contributed by atoms with Gasteiger partial charge in [0, 0.05) is 18.0 Å². The summed E-state index contributed by atoms with van der Waals surface area (Å²) in [6, 6.07) is 16.2. The molecule has 1 amide bonds. The van der Waals surface area contributed by atoms with Gasteiger partial charge in [0.25, 0.3) is 0 Å². The second-order valence-corrected chi connectivity index (χ2v) is 10.9. The van der Waals surface area contributed by atoms with Crippen molar-refractivity contribution in [3.8, 4) is 5.75 Å². The van der Waals surface area contributed by atoms with Crippen LogP contribution in [0.1, 0.15) is 68.1 Å². The number of carbonyl (C=O) groups excluding carboxylic acids is 2. The molecule has 0 unspecified atom stereocenters. The zero-order valence-corrected chi connectivity index (χ0v) is 21.2. The molecular weight excluding hydrogens is 470 g/mol. The van der Waals surface area contributed by atoms with Crippen molar-refractivity contribution in [3.63, 3.8) is 0 Å². The van der Waals surface area contributed by atoms with E-state index in [1.807, 2.05) is 41.3 Å². The third-order valence-corrected chi connectivity index (χ3v) is 8.97. The Hall–Kier alpha value is -3.22. The van der Waals surface area contributed by atoms with E-state index in [4.69, 9.17) is 18.9 Å². The van der Waals surface area contributed by atoms with Crippen LogP contribution in [0.2, 0.25) is 0 Å². The van der Waals surface area contributed by atoms with Crippen LogP contribution in [0.3, 0.4) is 0 Å². The maximum atomic E-state index is 13.2. The van der Waals surface area contributed by atoms with Gasteiger partial charge < -0.3 is 23.8 Å². The predicted molar refractivity (Wildman–Crippen MR) is 136 cm³/mol. The lowest BCUT2D eigenvalue weighted by Gasteiger charge is -2.58. The summed E-state index contributed by atoms with van der Waals surface area (Å²) >= 11 is 0. The van der Waals surface area contributed by atoms with E-state index in [0.29, 0.717) is 24.8 Å². The van der Waals surface area contributed by atoms with E-state index in [0.717, 1.165) is 50.5 Å². The minimum absolute atomic E-state index is 0.00647. The summed E-state index contributed by atoms with van der Waals surface area (Å²) < 4.78 is 21.9. The van der Waals surface area contributed by atoms with Crippen molar-refractivity contribution in [2.45, 2.75) is 82.0 Å². The summed E-state index contributed by atoms with van der Waals surface area (Å²) in [5.74, 6) is 1.12. The molecule has 0 radical (unpaired) electrons. The first-order chi connectivity index (χ1) is 18.1. The maximum Gasteiger partial charge on any atom is 0.511 e. The number of hydrogen-bond acceptors (Lipinski definition) is 6. The number of piperidine rings is 1. The third kappa shape index (κ3) is 4.76. The molecule has 7 nitrogen and oxygen atoms in total. The average molecular weight is 506 g/mol. The molecule has 0 spiro atoms. The van der Waals surface area contributed by atoms with E-state index in [9.17, 15) is 9.59 Å². The molecule has 2 saturated carbocycles. The van der Waals surface area contributed by atoms with Gasteiger partial charge in [0.05, 0.1) is 0 Å². The second kappa shape index (κ2) is 10.3. The van der Waals surface area contributed by atoms with Gasteiger partial charge >= 0.3 is 12.2 Å². The number of hydrogen-bond donors (Lipinski definition) is 0. The Morgan fingerprint density at radius 3 is 2.62 bits per heavy atom. The highest BCUT2D eigenvalue weighted by Gasteiger charge is 2.55. The van der Waals surface area contributed by atoms with E-state index in [1.165, 1.54) is 24.0 Å². The molecule has 2 aromatic carbocycles. The number of fused-ring (bicyclic) bond motifs is 1. The van der Waals surface area contributed by atoms with E-state index < -0.39 is 6.16 Å². The quantitative estimate of drug-likeness (QED) is 0.348. The molecule has 7 heteroatoms. The standard InChI is InChI=1S/C30H35NO6/c32-28(34-19-21-7-2-1-3-8-21)31-16-15-30-14-5-4-11-25(30)27(31)17-22-12-13-24(18-26(22)30)35-20-36-29(33)37-23-9-6-10-23/h1-3,7-8,12-13,18,23,25,27H,4-6,9-11,14-17,19-20H2/t25-,27+,30-/m1/s1. The normalized spacial score (nSPS) is 26.2. The fourth-order valence-electron chi connectivity index (χ4n) is 6.91. The fourth-order valence-corrected chi connectivity index (χ4v) is 6.91. The lowest BCUT2D eigenvalue weighted by Crippen LogP contribution is -2.62. The summed E-state index contributed by atoms with van der Waals surface area (Å²) in [5.41, 5.74) is 3.68. The lowest BCUT2D eigenvalue weighted by atomic mass is 9.52. The summed E-state index contributed by atoms with van der Waals surface area (Å²) in [4.78, 5) is 27.0. The van der Waals surface area contributed by atoms with Crippen LogP contribution in [0.4, 0.5) is 9.59 Å². The van der Waals surface area contributed by atoms with Gasteiger partial charge in [0.1, 0.15) is 18.5 Å². The number of likely N-dealkylation sites (tertiary alicyclic amines) is 1. The molecule has 3 atom stereocenters. The van der Waals surface area contributed by atoms with Crippen molar-refractivity contribution in [1.82, 2.24) is 4.90 Å². The Bertz CT molecular complexity index is 1130. The first-order valence-corrected chi connectivity index (χ1v) is 13.7. The van der Waals surface area contributed by atoms with Gasteiger partial charge in [0.2, 0.25) is 6.79 Å². The molecule has 37 heavy (non-hydrogen) atoms. The average Bonchev–Trinajstić information content (AvgIpc) is 2.90. The van der Waals surface area contributed by atoms with Crippen LogP contribution < -0.4 is 4.74 Å². The van der Waals surface area contributed by atoms with Crippen LogP contribution in [-0.2, 0) is 32.7 Å². The van der Waals surface area contributed by atoms with E-state index in [1.54, 1.807) is 0 Å². The predicted octanol–water partition coefficient (Wildman–Crippen LogP) is 6.12. The van der Waals surface area contributed by atoms with Gasteiger partial charge in [-0.2, -0.15) is 0 Å². The Labute approximate surface area is 218 Å². The number of amides is 1. The zero-order chi connectivity index (χ0) is 25.2. The summed E-state index contributed by atoms with van der Waals surface area (Å²) in [6.45, 7) is 0.839. The Morgan fingerprint density at radius 1 is 0.946 bits per heavy atom. The van der Waals surface area contributed by atoms with Gasteiger partial charge in [-0.1, -0.05) is 49.2 Å². The molecule has 0 aromatic heterocycles. The van der Waals surface area contributed by atoms with Gasteiger partial charge in [-0.25, -0.2) is 9.59 Å². The number of benzene rings is 2. The first-order valence-electron chi connectivity index (χ1n) is 13.7. The monoisotopic (exact) mass is 505 g/mol. The molecule has 2 aromatic rings. The Balaban J connectivity index is 1.15. The number of rotatable bonds is 6. The second-order valence-electron chi connectivity index (χ2n) is 10.9. The summed E-state index contributed by atoms with van der Waals surface area (Å²) in [5, 5.41) is 0. The fraction of sp³-hybridized carbons (Fsp3) is 0.533. The molecule has 4 aliphatic rings. The van der Waals surface area contributed by atoms with Crippen LogP contribution in [0.25, 0.3) is 0 Å². The number of carbonyl (C=O) groups is 2. The van der Waals surface area contributed by atoms with Crippen LogP contribution in [0.15, 0.2) is 48.5 Å². The summed E-state index contributed by atoms with van der Waals surface area (Å²) in [6.07, 6.45) is 8.43. The SMILES string of the molecule is O=C(OCOc1ccc2c(c1)[C@@]13CCCC[C@@H]1[C@H](C2)N(C(=O)OCc1ccccc1)CC3)OC1CCC1. The van der Waals surface area contributed by atoms with E-state index in [-0.39, 0.29) is 30.4 Å². The minimum atomic E-state index is -0.664. The molecule has 1 heterocycles. The van der Waals surface area contributed by atoms with Crippen molar-refractivity contribution in [1.29, 1.82) is 0 Å².